The Hall–Kier alpha value is -4.58. The van der Waals surface area contributed by atoms with Crippen molar-refractivity contribution in [3.63, 3.8) is 0 Å². The van der Waals surface area contributed by atoms with Crippen molar-refractivity contribution in [1.29, 1.82) is 0 Å². The van der Waals surface area contributed by atoms with E-state index < -0.39 is 11.9 Å². The Kier molecular flexibility index (Phi) is 7.30. The van der Waals surface area contributed by atoms with Gasteiger partial charge in [-0.3, -0.25) is 9.59 Å². The molecule has 192 valence electrons. The van der Waals surface area contributed by atoms with Crippen molar-refractivity contribution in [2.75, 3.05) is 6.61 Å². The van der Waals surface area contributed by atoms with E-state index in [-0.39, 0.29) is 52.9 Å². The van der Waals surface area contributed by atoms with Crippen molar-refractivity contribution in [2.24, 2.45) is 5.73 Å². The largest absolute Gasteiger partial charge is 0.476 e. The van der Waals surface area contributed by atoms with Crippen LogP contribution in [0.5, 0.6) is 0 Å². The molecule has 0 saturated carbocycles. The lowest BCUT2D eigenvalue weighted by molar-refractivity contribution is 0.0691. The summed E-state index contributed by atoms with van der Waals surface area (Å²) in [6.07, 6.45) is 0.712. The SMILES string of the molecule is CC(=O)c1ccc(Cn2nc(C(N)=O)c(-c3nc(C(=O)O)c(-c4cccc(CCOC(C)C)c4)o3)n2)o1. The lowest BCUT2D eigenvalue weighted by atomic mass is 10.1. The van der Waals surface area contributed by atoms with Crippen LogP contribution < -0.4 is 5.73 Å². The number of aromatic nitrogens is 4. The molecule has 3 N–H and O–H groups in total. The number of ketones is 1. The van der Waals surface area contributed by atoms with Gasteiger partial charge in [0.15, 0.2) is 34.4 Å². The number of amides is 1. The van der Waals surface area contributed by atoms with Gasteiger partial charge in [0, 0.05) is 12.5 Å². The van der Waals surface area contributed by atoms with Gasteiger partial charge in [0.2, 0.25) is 0 Å². The molecule has 0 aliphatic heterocycles. The van der Waals surface area contributed by atoms with Crippen LogP contribution in [0.3, 0.4) is 0 Å². The minimum absolute atomic E-state index is 0.00349. The van der Waals surface area contributed by atoms with Gasteiger partial charge in [-0.1, -0.05) is 18.2 Å². The zero-order valence-electron chi connectivity index (χ0n) is 20.4. The average Bonchev–Trinajstić information content (AvgIpc) is 3.57. The number of nitrogens with two attached hydrogens (primary N) is 1. The second-order valence-electron chi connectivity index (χ2n) is 8.49. The number of oxazole rings is 1. The fraction of sp³-hybridized carbons (Fsp3) is 0.280. The molecule has 4 rings (SSSR count). The molecule has 0 spiro atoms. The Morgan fingerprint density at radius 1 is 1.11 bits per heavy atom. The normalized spacial score (nSPS) is 11.2. The van der Waals surface area contributed by atoms with Crippen LogP contribution in [-0.4, -0.2) is 55.5 Å². The van der Waals surface area contributed by atoms with E-state index in [1.165, 1.54) is 13.0 Å². The summed E-state index contributed by atoms with van der Waals surface area (Å²) in [5, 5.41) is 18.1. The average molecular weight is 508 g/mol. The topological polar surface area (TPSA) is 177 Å². The highest BCUT2D eigenvalue weighted by Crippen LogP contribution is 2.31. The number of carbonyl (C=O) groups is 3. The monoisotopic (exact) mass is 507 g/mol. The number of Topliss-reactive ketones (excluding diaryl/α,β-unsaturated/α-hetero) is 1. The predicted octanol–water partition coefficient (Wildman–Crippen LogP) is 3.21. The maximum atomic E-state index is 12.1. The van der Waals surface area contributed by atoms with E-state index in [9.17, 15) is 19.5 Å². The summed E-state index contributed by atoms with van der Waals surface area (Å²) in [6.45, 7) is 5.74. The number of benzene rings is 1. The van der Waals surface area contributed by atoms with Gasteiger partial charge >= 0.3 is 5.97 Å². The van der Waals surface area contributed by atoms with Crippen molar-refractivity contribution < 1.29 is 33.1 Å². The molecule has 12 nitrogen and oxygen atoms in total. The summed E-state index contributed by atoms with van der Waals surface area (Å²) in [5.41, 5.74) is 6.15. The third-order valence-corrected chi connectivity index (χ3v) is 5.26. The Bertz CT molecular complexity index is 1460. The Morgan fingerprint density at radius 3 is 2.54 bits per heavy atom. The van der Waals surface area contributed by atoms with Crippen LogP contribution in [0, 0.1) is 0 Å². The third kappa shape index (κ3) is 5.81. The Morgan fingerprint density at radius 2 is 1.89 bits per heavy atom. The highest BCUT2D eigenvalue weighted by Gasteiger charge is 2.28. The molecule has 0 aliphatic carbocycles. The van der Waals surface area contributed by atoms with Gasteiger partial charge < -0.3 is 24.4 Å². The molecular weight excluding hydrogens is 482 g/mol. The molecule has 37 heavy (non-hydrogen) atoms. The number of furan rings is 1. The molecule has 0 aliphatic rings. The molecule has 3 aromatic heterocycles. The molecule has 1 amide bonds. The molecule has 0 saturated heterocycles. The summed E-state index contributed by atoms with van der Waals surface area (Å²) in [7, 11) is 0. The maximum Gasteiger partial charge on any atom is 0.358 e. The van der Waals surface area contributed by atoms with Crippen LogP contribution in [0.2, 0.25) is 0 Å². The van der Waals surface area contributed by atoms with Crippen LogP contribution in [0.25, 0.3) is 22.9 Å². The van der Waals surface area contributed by atoms with Crippen LogP contribution in [-0.2, 0) is 17.7 Å². The number of rotatable bonds is 11. The lowest BCUT2D eigenvalue weighted by Crippen LogP contribution is -2.13. The highest BCUT2D eigenvalue weighted by atomic mass is 16.5. The minimum atomic E-state index is -1.32. The number of hydrogen-bond acceptors (Lipinski definition) is 9. The van der Waals surface area contributed by atoms with Gasteiger partial charge in [-0.05, 0) is 44.0 Å². The van der Waals surface area contributed by atoms with Gasteiger partial charge in [0.25, 0.3) is 11.8 Å². The third-order valence-electron chi connectivity index (χ3n) is 5.26. The zero-order chi connectivity index (χ0) is 26.7. The van der Waals surface area contributed by atoms with Crippen LogP contribution in [0.4, 0.5) is 0 Å². The number of hydrogen-bond donors (Lipinski definition) is 2. The van der Waals surface area contributed by atoms with E-state index >= 15 is 0 Å². The van der Waals surface area contributed by atoms with E-state index in [1.807, 2.05) is 19.9 Å². The predicted molar refractivity (Wildman–Crippen MR) is 129 cm³/mol. The van der Waals surface area contributed by atoms with Crippen molar-refractivity contribution in [3.8, 4) is 22.9 Å². The van der Waals surface area contributed by atoms with Crippen molar-refractivity contribution in [2.45, 2.75) is 39.8 Å². The molecule has 1 aromatic carbocycles. The molecule has 0 unspecified atom stereocenters. The number of nitrogens with zero attached hydrogens (tertiary/aromatic N) is 4. The molecule has 3 heterocycles. The quantitative estimate of drug-likeness (QED) is 0.287. The van der Waals surface area contributed by atoms with E-state index in [0.717, 1.165) is 10.4 Å². The minimum Gasteiger partial charge on any atom is -0.476 e. The van der Waals surface area contributed by atoms with Crippen molar-refractivity contribution in [1.82, 2.24) is 20.0 Å². The van der Waals surface area contributed by atoms with Gasteiger partial charge in [-0.2, -0.15) is 9.78 Å². The summed E-state index contributed by atoms with van der Waals surface area (Å²) < 4.78 is 16.9. The zero-order valence-corrected chi connectivity index (χ0v) is 20.4. The molecule has 12 heteroatoms. The van der Waals surface area contributed by atoms with Crippen molar-refractivity contribution >= 4 is 17.7 Å². The van der Waals surface area contributed by atoms with E-state index in [4.69, 9.17) is 19.3 Å². The first kappa shape index (κ1) is 25.5. The first-order valence-electron chi connectivity index (χ1n) is 11.4. The molecule has 0 radical (unpaired) electrons. The summed E-state index contributed by atoms with van der Waals surface area (Å²) in [6, 6.07) is 10.2. The van der Waals surface area contributed by atoms with Gasteiger partial charge in [0.05, 0.1) is 12.7 Å². The first-order valence-corrected chi connectivity index (χ1v) is 11.4. The molecule has 4 aromatic rings. The van der Waals surface area contributed by atoms with E-state index in [2.05, 4.69) is 15.2 Å². The standard InChI is InChI=1S/C25H25N5O7/c1-13(2)35-10-9-15-5-4-6-16(11-15)22-21(25(33)34)27-24(37-22)20-19(23(26)32)28-30(29-20)12-17-7-8-18(36-17)14(3)31/h4-8,11,13H,9-10,12H2,1-3H3,(H2,26,32)(H,33,34). The Labute approximate surface area is 211 Å². The van der Waals surface area contributed by atoms with E-state index in [1.54, 1.807) is 24.3 Å². The molecule has 0 fully saturated rings. The van der Waals surface area contributed by atoms with Gasteiger partial charge in [-0.15, -0.1) is 10.2 Å². The fourth-order valence-corrected chi connectivity index (χ4v) is 3.56. The maximum absolute atomic E-state index is 12.1. The number of carboxylic acid groups (broad SMARTS) is 1. The summed E-state index contributed by atoms with van der Waals surface area (Å²) in [4.78, 5) is 40.7. The second kappa shape index (κ2) is 10.6. The smallest absolute Gasteiger partial charge is 0.358 e. The van der Waals surface area contributed by atoms with Gasteiger partial charge in [0.1, 0.15) is 12.3 Å². The summed E-state index contributed by atoms with van der Waals surface area (Å²) in [5.74, 6) is -2.18. The van der Waals surface area contributed by atoms with Crippen LogP contribution >= 0.6 is 0 Å². The van der Waals surface area contributed by atoms with Gasteiger partial charge in [-0.25, -0.2) is 4.79 Å². The van der Waals surface area contributed by atoms with Crippen LogP contribution in [0.1, 0.15) is 63.6 Å². The highest BCUT2D eigenvalue weighted by molar-refractivity contribution is 5.97. The van der Waals surface area contributed by atoms with E-state index in [0.29, 0.717) is 24.4 Å². The summed E-state index contributed by atoms with van der Waals surface area (Å²) >= 11 is 0. The molecule has 0 bridgehead atoms. The molecule has 0 atom stereocenters. The second-order valence-corrected chi connectivity index (χ2v) is 8.49. The number of aromatic carboxylic acids is 1. The number of primary amides is 1. The number of ether oxygens (including phenoxy) is 1. The fourth-order valence-electron chi connectivity index (χ4n) is 3.56. The number of carboxylic acids is 1. The van der Waals surface area contributed by atoms with Crippen LogP contribution in [0.15, 0.2) is 45.2 Å². The Balaban J connectivity index is 1.69. The molecular formula is C25H25N5O7. The van der Waals surface area contributed by atoms with Crippen molar-refractivity contribution in [3.05, 3.63) is 64.9 Å². The number of carbonyl (C=O) groups excluding carboxylic acids is 2. The lowest BCUT2D eigenvalue weighted by Gasteiger charge is -2.08. The first-order chi connectivity index (χ1) is 17.6.